The molecule has 2 aliphatic heterocycles. The number of rotatable bonds is 2. The highest BCUT2D eigenvalue weighted by atomic mass is 16.6. The molecule has 0 fully saturated rings. The average molecular weight is 453 g/mol. The highest BCUT2D eigenvalue weighted by Gasteiger charge is 2.32. The zero-order valence-electron chi connectivity index (χ0n) is 20.1. The van der Waals surface area contributed by atoms with Crippen molar-refractivity contribution in [3.63, 3.8) is 0 Å². The van der Waals surface area contributed by atoms with Crippen molar-refractivity contribution in [1.82, 2.24) is 4.90 Å². The van der Waals surface area contributed by atoms with Gasteiger partial charge in [-0.05, 0) is 75.4 Å². The molecule has 33 heavy (non-hydrogen) atoms. The molecule has 0 saturated heterocycles. The standard InChI is InChI=1S/C26H32N2O5/c1-17-19-11-13-27(25(30)33-26(2,3)4)12-10-18(19)16-22-23(17)28(14-15-32-22)24(29)20-8-6-7-9-21(20)31-5/h6-9,16H,10-15H2,1-5H3. The lowest BCUT2D eigenvalue weighted by atomic mass is 9.94. The first kappa shape index (κ1) is 23.0. The van der Waals surface area contributed by atoms with Gasteiger partial charge in [-0.2, -0.15) is 0 Å². The van der Waals surface area contributed by atoms with Crippen LogP contribution in [0.3, 0.4) is 0 Å². The number of hydrogen-bond donors (Lipinski definition) is 0. The normalized spacial score (nSPS) is 15.7. The number of ether oxygens (including phenoxy) is 3. The van der Waals surface area contributed by atoms with Crippen molar-refractivity contribution >= 4 is 17.7 Å². The van der Waals surface area contributed by atoms with Crippen LogP contribution in [-0.4, -0.2) is 55.9 Å². The Morgan fingerprint density at radius 3 is 2.52 bits per heavy atom. The largest absolute Gasteiger partial charge is 0.496 e. The molecule has 176 valence electrons. The zero-order chi connectivity index (χ0) is 23.8. The van der Waals surface area contributed by atoms with Gasteiger partial charge in [-0.25, -0.2) is 4.79 Å². The molecule has 7 heteroatoms. The fraction of sp³-hybridized carbons (Fsp3) is 0.462. The van der Waals surface area contributed by atoms with Crippen LogP contribution in [-0.2, 0) is 17.6 Å². The van der Waals surface area contributed by atoms with E-state index in [4.69, 9.17) is 14.2 Å². The van der Waals surface area contributed by atoms with Crippen molar-refractivity contribution < 1.29 is 23.8 Å². The van der Waals surface area contributed by atoms with Gasteiger partial charge in [0.15, 0.2) is 0 Å². The summed E-state index contributed by atoms with van der Waals surface area (Å²) >= 11 is 0. The predicted molar refractivity (Wildman–Crippen MR) is 127 cm³/mol. The Balaban J connectivity index is 1.65. The number of methoxy groups -OCH3 is 1. The van der Waals surface area contributed by atoms with Crippen LogP contribution in [0.2, 0.25) is 0 Å². The van der Waals surface area contributed by atoms with Crippen molar-refractivity contribution in [3.8, 4) is 11.5 Å². The van der Waals surface area contributed by atoms with Crippen LogP contribution in [0.25, 0.3) is 0 Å². The molecule has 0 aliphatic carbocycles. The number of carbonyl (C=O) groups excluding carboxylic acids is 2. The molecule has 4 rings (SSSR count). The lowest BCUT2D eigenvalue weighted by molar-refractivity contribution is 0.0258. The van der Waals surface area contributed by atoms with Gasteiger partial charge in [0.2, 0.25) is 0 Å². The van der Waals surface area contributed by atoms with E-state index < -0.39 is 5.60 Å². The first-order chi connectivity index (χ1) is 15.7. The molecule has 2 aromatic carbocycles. The van der Waals surface area contributed by atoms with Crippen LogP contribution in [0.15, 0.2) is 30.3 Å². The maximum absolute atomic E-state index is 13.5. The van der Waals surface area contributed by atoms with E-state index in [1.807, 2.05) is 45.9 Å². The maximum atomic E-state index is 13.5. The highest BCUT2D eigenvalue weighted by molar-refractivity contribution is 6.09. The fourth-order valence-corrected chi connectivity index (χ4v) is 4.55. The number of para-hydroxylation sites is 1. The summed E-state index contributed by atoms with van der Waals surface area (Å²) in [6.45, 7) is 9.72. The minimum absolute atomic E-state index is 0.107. The van der Waals surface area contributed by atoms with Gasteiger partial charge in [0, 0.05) is 13.1 Å². The van der Waals surface area contributed by atoms with Crippen molar-refractivity contribution in [2.75, 3.05) is 38.3 Å². The second-order valence-electron chi connectivity index (χ2n) is 9.46. The lowest BCUT2D eigenvalue weighted by Crippen LogP contribution is -2.39. The minimum atomic E-state index is -0.529. The summed E-state index contributed by atoms with van der Waals surface area (Å²) in [5.41, 5.74) is 4.15. The number of benzene rings is 2. The van der Waals surface area contributed by atoms with E-state index in [2.05, 4.69) is 0 Å². The summed E-state index contributed by atoms with van der Waals surface area (Å²) in [6, 6.07) is 9.31. The van der Waals surface area contributed by atoms with E-state index in [9.17, 15) is 9.59 Å². The summed E-state index contributed by atoms with van der Waals surface area (Å²) < 4.78 is 17.0. The number of anilines is 1. The quantitative estimate of drug-likeness (QED) is 0.677. The molecular weight excluding hydrogens is 420 g/mol. The van der Waals surface area contributed by atoms with Crippen molar-refractivity contribution in [1.29, 1.82) is 0 Å². The summed E-state index contributed by atoms with van der Waals surface area (Å²) in [4.78, 5) is 29.7. The van der Waals surface area contributed by atoms with Crippen molar-refractivity contribution in [2.45, 2.75) is 46.1 Å². The van der Waals surface area contributed by atoms with Crippen molar-refractivity contribution in [2.24, 2.45) is 0 Å². The average Bonchev–Trinajstić information content (AvgIpc) is 3.00. The maximum Gasteiger partial charge on any atom is 0.410 e. The van der Waals surface area contributed by atoms with Gasteiger partial charge < -0.3 is 24.0 Å². The molecule has 0 atom stereocenters. The first-order valence-corrected chi connectivity index (χ1v) is 11.4. The summed E-state index contributed by atoms with van der Waals surface area (Å²) in [5.74, 6) is 1.16. The van der Waals surface area contributed by atoms with Crippen molar-refractivity contribution in [3.05, 3.63) is 52.6 Å². The lowest BCUT2D eigenvalue weighted by Gasteiger charge is -2.33. The summed E-state index contributed by atoms with van der Waals surface area (Å²) in [5, 5.41) is 0. The van der Waals surface area contributed by atoms with Gasteiger partial charge in [0.05, 0.1) is 24.9 Å². The molecule has 2 aromatic rings. The first-order valence-electron chi connectivity index (χ1n) is 11.4. The third-order valence-electron chi connectivity index (χ3n) is 6.09. The second-order valence-corrected chi connectivity index (χ2v) is 9.46. The molecule has 7 nitrogen and oxygen atoms in total. The van der Waals surface area contributed by atoms with Crippen LogP contribution < -0.4 is 14.4 Å². The van der Waals surface area contributed by atoms with Crippen LogP contribution in [0, 0.1) is 6.92 Å². The van der Waals surface area contributed by atoms with E-state index >= 15 is 0 Å². The molecule has 0 radical (unpaired) electrons. The van der Waals surface area contributed by atoms with Gasteiger partial charge in [-0.15, -0.1) is 0 Å². The number of fused-ring (bicyclic) bond motifs is 2. The van der Waals surface area contributed by atoms with E-state index in [0.29, 0.717) is 56.1 Å². The molecule has 0 bridgehead atoms. The molecule has 0 unspecified atom stereocenters. The van der Waals surface area contributed by atoms with Crippen LogP contribution >= 0.6 is 0 Å². The van der Waals surface area contributed by atoms with Gasteiger partial charge in [0.25, 0.3) is 5.91 Å². The molecule has 2 aliphatic rings. The summed E-state index contributed by atoms with van der Waals surface area (Å²) in [6.07, 6.45) is 1.12. The van der Waals surface area contributed by atoms with E-state index in [1.165, 1.54) is 5.56 Å². The van der Waals surface area contributed by atoms with Crippen LogP contribution in [0.4, 0.5) is 10.5 Å². The number of carbonyl (C=O) groups is 2. The topological polar surface area (TPSA) is 68.3 Å². The molecule has 0 aromatic heterocycles. The Morgan fingerprint density at radius 1 is 1.06 bits per heavy atom. The number of hydrogen-bond acceptors (Lipinski definition) is 5. The Labute approximate surface area is 195 Å². The summed E-state index contributed by atoms with van der Waals surface area (Å²) in [7, 11) is 1.57. The molecule has 0 N–H and O–H groups in total. The molecule has 0 spiro atoms. The third-order valence-corrected chi connectivity index (χ3v) is 6.09. The van der Waals surface area contributed by atoms with E-state index in [-0.39, 0.29) is 12.0 Å². The Morgan fingerprint density at radius 2 is 1.79 bits per heavy atom. The van der Waals surface area contributed by atoms with E-state index in [0.717, 1.165) is 16.8 Å². The second kappa shape index (κ2) is 8.96. The molecular formula is C26H32N2O5. The third kappa shape index (κ3) is 4.63. The Kier molecular flexibility index (Phi) is 6.23. The van der Waals surface area contributed by atoms with Gasteiger partial charge in [0.1, 0.15) is 23.7 Å². The van der Waals surface area contributed by atoms with Crippen LogP contribution in [0.5, 0.6) is 11.5 Å². The molecule has 2 amide bonds. The highest BCUT2D eigenvalue weighted by Crippen LogP contribution is 2.41. The van der Waals surface area contributed by atoms with Gasteiger partial charge in [-0.1, -0.05) is 12.1 Å². The monoisotopic (exact) mass is 452 g/mol. The smallest absolute Gasteiger partial charge is 0.410 e. The predicted octanol–water partition coefficient (Wildman–Crippen LogP) is 4.38. The van der Waals surface area contributed by atoms with Gasteiger partial charge >= 0.3 is 6.09 Å². The van der Waals surface area contributed by atoms with Crippen LogP contribution in [0.1, 0.15) is 47.8 Å². The number of nitrogens with zero attached hydrogens (tertiary/aromatic N) is 2. The Bertz CT molecular complexity index is 1070. The zero-order valence-corrected chi connectivity index (χ0v) is 20.1. The molecule has 0 saturated carbocycles. The fourth-order valence-electron chi connectivity index (χ4n) is 4.55. The van der Waals surface area contributed by atoms with E-state index in [1.54, 1.807) is 29.0 Å². The molecule has 2 heterocycles. The minimum Gasteiger partial charge on any atom is -0.496 e. The number of amides is 2. The van der Waals surface area contributed by atoms with Gasteiger partial charge in [-0.3, -0.25) is 4.79 Å². The Hall–Kier alpha value is -3.22. The SMILES string of the molecule is COc1ccccc1C(=O)N1CCOc2cc3c(c(C)c21)CCN(C(=O)OC(C)(C)C)CC3.